The first-order chi connectivity index (χ1) is 10.1. The predicted octanol–water partition coefficient (Wildman–Crippen LogP) is 2.05. The number of nitrogens with zero attached hydrogens (tertiary/aromatic N) is 1. The van der Waals surface area contributed by atoms with Gasteiger partial charge in [0.05, 0.1) is 0 Å². The van der Waals surface area contributed by atoms with Crippen LogP contribution in [0.4, 0.5) is 0 Å². The predicted molar refractivity (Wildman–Crippen MR) is 90.9 cm³/mol. The molecule has 4 nitrogen and oxygen atoms in total. The molecule has 2 rings (SSSR count). The summed E-state index contributed by atoms with van der Waals surface area (Å²) in [5.41, 5.74) is 6.33. The molecule has 0 aliphatic carbocycles. The molecule has 1 fully saturated rings. The Bertz CT molecular complexity index is 505. The molecule has 6 heteroatoms. The van der Waals surface area contributed by atoms with E-state index < -0.39 is 0 Å². The molecule has 1 aliphatic rings. The van der Waals surface area contributed by atoms with Crippen molar-refractivity contribution in [3.05, 3.63) is 29.8 Å². The number of amides is 1. The second-order valence-electron chi connectivity index (χ2n) is 4.92. The highest BCUT2D eigenvalue weighted by molar-refractivity contribution is 8.00. The van der Waals surface area contributed by atoms with Crippen LogP contribution in [-0.2, 0) is 4.79 Å². The van der Waals surface area contributed by atoms with Gasteiger partial charge in [-0.2, -0.15) is 11.8 Å². The Balaban J connectivity index is 1.84. The van der Waals surface area contributed by atoms with Gasteiger partial charge in [-0.25, -0.2) is 0 Å². The van der Waals surface area contributed by atoms with E-state index in [1.54, 1.807) is 24.3 Å². The number of hydrogen-bond acceptors (Lipinski definition) is 4. The molecule has 1 amide bonds. The molecule has 21 heavy (non-hydrogen) atoms. The summed E-state index contributed by atoms with van der Waals surface area (Å²) < 4.78 is 5.54. The average Bonchev–Trinajstić information content (AvgIpc) is 2.53. The van der Waals surface area contributed by atoms with E-state index >= 15 is 0 Å². The van der Waals surface area contributed by atoms with E-state index in [9.17, 15) is 4.79 Å². The summed E-state index contributed by atoms with van der Waals surface area (Å²) in [5.74, 6) is 1.71. The normalized spacial score (nSPS) is 18.3. The topological polar surface area (TPSA) is 55.6 Å². The zero-order chi connectivity index (χ0) is 15.2. The maximum absolute atomic E-state index is 12.2. The van der Waals surface area contributed by atoms with Gasteiger partial charge in [-0.15, -0.1) is 0 Å². The lowest BCUT2D eigenvalue weighted by atomic mass is 10.2. The van der Waals surface area contributed by atoms with Crippen LogP contribution in [0.2, 0.25) is 0 Å². The van der Waals surface area contributed by atoms with Gasteiger partial charge in [0, 0.05) is 29.7 Å². The Morgan fingerprint density at radius 2 is 2.19 bits per heavy atom. The molecular weight excluding hydrogens is 304 g/mol. The minimum atomic E-state index is 0.0483. The number of benzene rings is 1. The van der Waals surface area contributed by atoms with Crippen LogP contribution in [-0.4, -0.2) is 46.5 Å². The molecule has 0 spiro atoms. The fourth-order valence-corrected chi connectivity index (χ4v) is 3.46. The third-order valence-electron chi connectivity index (χ3n) is 3.45. The zero-order valence-electron chi connectivity index (χ0n) is 12.1. The lowest BCUT2D eigenvalue weighted by Gasteiger charge is -2.31. The number of hydrogen-bond donors (Lipinski definition) is 1. The SMILES string of the molecule is CCC1CN(C(=O)COc2ccc(C(N)=S)cc2)CCS1. The Kier molecular flexibility index (Phi) is 5.87. The third kappa shape index (κ3) is 4.61. The quantitative estimate of drug-likeness (QED) is 0.840. The van der Waals surface area contributed by atoms with Crippen LogP contribution < -0.4 is 10.5 Å². The molecule has 0 saturated carbocycles. The molecule has 0 bridgehead atoms. The highest BCUT2D eigenvalue weighted by Gasteiger charge is 2.23. The number of nitrogens with two attached hydrogens (primary N) is 1. The van der Waals surface area contributed by atoms with Gasteiger partial charge in [-0.05, 0) is 30.7 Å². The van der Waals surface area contributed by atoms with Crippen molar-refractivity contribution in [2.24, 2.45) is 5.73 Å². The van der Waals surface area contributed by atoms with Crippen molar-refractivity contribution in [2.75, 3.05) is 25.4 Å². The Hall–Kier alpha value is -1.27. The summed E-state index contributed by atoms with van der Waals surface area (Å²) in [5, 5.41) is 0.549. The first-order valence-corrected chi connectivity index (χ1v) is 8.48. The lowest BCUT2D eigenvalue weighted by molar-refractivity contribution is -0.133. The Labute approximate surface area is 135 Å². The van der Waals surface area contributed by atoms with Crippen molar-refractivity contribution in [2.45, 2.75) is 18.6 Å². The molecule has 114 valence electrons. The van der Waals surface area contributed by atoms with Crippen molar-refractivity contribution in [3.63, 3.8) is 0 Å². The second-order valence-corrected chi connectivity index (χ2v) is 6.77. The maximum Gasteiger partial charge on any atom is 0.260 e. The number of thioether (sulfide) groups is 1. The largest absolute Gasteiger partial charge is 0.484 e. The van der Waals surface area contributed by atoms with E-state index in [-0.39, 0.29) is 12.5 Å². The highest BCUT2D eigenvalue weighted by atomic mass is 32.2. The monoisotopic (exact) mass is 324 g/mol. The first-order valence-electron chi connectivity index (χ1n) is 7.02. The molecule has 1 heterocycles. The number of ether oxygens (including phenoxy) is 1. The molecule has 0 aromatic heterocycles. The van der Waals surface area contributed by atoms with E-state index in [0.29, 0.717) is 16.0 Å². The summed E-state index contributed by atoms with van der Waals surface area (Å²) in [6.45, 7) is 3.87. The standard InChI is InChI=1S/C15H20N2O2S2/c1-2-13-9-17(7-8-21-13)14(18)10-19-12-5-3-11(4-6-12)15(16)20/h3-6,13H,2,7-10H2,1H3,(H2,16,20). The average molecular weight is 324 g/mol. The Morgan fingerprint density at radius 1 is 1.48 bits per heavy atom. The summed E-state index contributed by atoms with van der Waals surface area (Å²) in [4.78, 5) is 14.4. The molecule has 1 aliphatic heterocycles. The third-order valence-corrected chi connectivity index (χ3v) is 5.06. The molecule has 0 radical (unpaired) electrons. The van der Waals surface area contributed by atoms with Gasteiger partial charge in [0.15, 0.2) is 6.61 Å². The van der Waals surface area contributed by atoms with Gasteiger partial charge in [-0.3, -0.25) is 4.79 Å². The smallest absolute Gasteiger partial charge is 0.260 e. The van der Waals surface area contributed by atoms with Crippen LogP contribution in [0.15, 0.2) is 24.3 Å². The fraction of sp³-hybridized carbons (Fsp3) is 0.467. The molecule has 1 unspecified atom stereocenters. The first kappa shape index (κ1) is 16.1. The van der Waals surface area contributed by atoms with Gasteiger partial charge in [0.1, 0.15) is 10.7 Å². The van der Waals surface area contributed by atoms with Crippen molar-refractivity contribution >= 4 is 34.9 Å². The summed E-state index contributed by atoms with van der Waals surface area (Å²) in [6, 6.07) is 7.16. The van der Waals surface area contributed by atoms with E-state index in [2.05, 4.69) is 6.92 Å². The van der Waals surface area contributed by atoms with Crippen LogP contribution in [0.1, 0.15) is 18.9 Å². The van der Waals surface area contributed by atoms with Crippen LogP contribution >= 0.6 is 24.0 Å². The minimum Gasteiger partial charge on any atom is -0.484 e. The van der Waals surface area contributed by atoms with Gasteiger partial charge in [-0.1, -0.05) is 19.1 Å². The molecule has 1 aromatic carbocycles. The Morgan fingerprint density at radius 3 is 2.81 bits per heavy atom. The number of thiocarbonyl (C=S) groups is 1. The van der Waals surface area contributed by atoms with Gasteiger partial charge in [0.25, 0.3) is 5.91 Å². The summed E-state index contributed by atoms with van der Waals surface area (Å²) in [7, 11) is 0. The van der Waals surface area contributed by atoms with Crippen molar-refractivity contribution in [1.29, 1.82) is 0 Å². The minimum absolute atomic E-state index is 0.0483. The van der Waals surface area contributed by atoms with E-state index in [4.69, 9.17) is 22.7 Å². The fourth-order valence-electron chi connectivity index (χ4n) is 2.14. The lowest BCUT2D eigenvalue weighted by Crippen LogP contribution is -2.43. The van der Waals surface area contributed by atoms with Crippen molar-refractivity contribution in [1.82, 2.24) is 4.90 Å². The van der Waals surface area contributed by atoms with Gasteiger partial charge >= 0.3 is 0 Å². The zero-order valence-corrected chi connectivity index (χ0v) is 13.7. The highest BCUT2D eigenvalue weighted by Crippen LogP contribution is 2.21. The van der Waals surface area contributed by atoms with Gasteiger partial charge < -0.3 is 15.4 Å². The summed E-state index contributed by atoms with van der Waals surface area (Å²) >= 11 is 6.84. The molecule has 1 saturated heterocycles. The van der Waals surface area contributed by atoms with Crippen molar-refractivity contribution in [3.8, 4) is 5.75 Å². The molecule has 1 atom stereocenters. The van der Waals surface area contributed by atoms with E-state index in [0.717, 1.165) is 30.8 Å². The van der Waals surface area contributed by atoms with E-state index in [1.807, 2.05) is 16.7 Å². The number of carbonyl (C=O) groups excluding carboxylic acids is 1. The molecule has 2 N–H and O–H groups in total. The van der Waals surface area contributed by atoms with E-state index in [1.165, 1.54) is 0 Å². The number of rotatable bonds is 5. The maximum atomic E-state index is 12.2. The van der Waals surface area contributed by atoms with Crippen LogP contribution in [0.25, 0.3) is 0 Å². The summed E-state index contributed by atoms with van der Waals surface area (Å²) in [6.07, 6.45) is 1.09. The van der Waals surface area contributed by atoms with Crippen LogP contribution in [0.5, 0.6) is 5.75 Å². The molecular formula is C15H20N2O2S2. The number of carbonyl (C=O) groups is 1. The molecule has 1 aromatic rings. The van der Waals surface area contributed by atoms with Crippen LogP contribution in [0.3, 0.4) is 0 Å². The van der Waals surface area contributed by atoms with Crippen molar-refractivity contribution < 1.29 is 9.53 Å². The van der Waals surface area contributed by atoms with Gasteiger partial charge in [0.2, 0.25) is 0 Å². The second kappa shape index (κ2) is 7.66. The van der Waals surface area contributed by atoms with Crippen LogP contribution in [0, 0.1) is 0 Å².